The molecular weight excluding hydrogens is 272 g/mol. The number of nitrogens with zero attached hydrogens (tertiary/aromatic N) is 1. The van der Waals surface area contributed by atoms with Gasteiger partial charge in [0.25, 0.3) is 0 Å². The molecule has 0 bridgehead atoms. The van der Waals surface area contributed by atoms with Gasteiger partial charge < -0.3 is 5.73 Å². The third kappa shape index (κ3) is 4.43. The molecule has 0 aromatic heterocycles. The second-order valence-corrected chi connectivity index (χ2v) is 8.44. The van der Waals surface area contributed by atoms with Crippen molar-refractivity contribution in [1.82, 2.24) is 4.31 Å². The van der Waals surface area contributed by atoms with Gasteiger partial charge in [-0.15, -0.1) is 0 Å². The van der Waals surface area contributed by atoms with Crippen LogP contribution in [0.1, 0.15) is 64.2 Å². The van der Waals surface area contributed by atoms with Crippen LogP contribution in [0.15, 0.2) is 0 Å². The molecule has 5 heteroatoms. The minimum Gasteiger partial charge on any atom is -0.330 e. The van der Waals surface area contributed by atoms with Gasteiger partial charge in [-0.1, -0.05) is 32.1 Å². The molecule has 0 aromatic carbocycles. The van der Waals surface area contributed by atoms with Gasteiger partial charge in [0.05, 0.1) is 5.75 Å². The van der Waals surface area contributed by atoms with Crippen molar-refractivity contribution in [2.24, 2.45) is 11.7 Å². The lowest BCUT2D eigenvalue weighted by Crippen LogP contribution is -2.42. The Morgan fingerprint density at radius 3 is 2.15 bits per heavy atom. The molecule has 2 aliphatic carbocycles. The van der Waals surface area contributed by atoms with E-state index in [-0.39, 0.29) is 6.04 Å². The first-order chi connectivity index (χ1) is 9.63. The zero-order valence-corrected chi connectivity index (χ0v) is 13.4. The van der Waals surface area contributed by atoms with Crippen molar-refractivity contribution in [3.05, 3.63) is 0 Å². The molecule has 2 aliphatic rings. The Morgan fingerprint density at radius 1 is 0.950 bits per heavy atom. The smallest absolute Gasteiger partial charge is 0.214 e. The molecule has 0 saturated heterocycles. The standard InChI is InChI=1S/C15H30N2O2S/c16-11-6-12-17(15-9-4-5-10-15)20(18,19)13-14-7-2-1-3-8-14/h14-15H,1-13,16H2. The summed E-state index contributed by atoms with van der Waals surface area (Å²) in [6, 6.07) is 0.246. The minimum atomic E-state index is -3.10. The van der Waals surface area contributed by atoms with Gasteiger partial charge in [-0.2, -0.15) is 4.31 Å². The zero-order valence-electron chi connectivity index (χ0n) is 12.6. The first kappa shape index (κ1) is 16.2. The van der Waals surface area contributed by atoms with E-state index < -0.39 is 10.0 Å². The summed E-state index contributed by atoms with van der Waals surface area (Å²) < 4.78 is 27.4. The van der Waals surface area contributed by atoms with E-state index in [4.69, 9.17) is 5.73 Å². The van der Waals surface area contributed by atoms with Gasteiger partial charge in [0.1, 0.15) is 0 Å². The molecule has 0 aromatic rings. The van der Waals surface area contributed by atoms with Crippen LogP contribution < -0.4 is 5.73 Å². The van der Waals surface area contributed by atoms with E-state index in [1.807, 2.05) is 4.31 Å². The molecule has 0 amide bonds. The van der Waals surface area contributed by atoms with Crippen LogP contribution >= 0.6 is 0 Å². The van der Waals surface area contributed by atoms with Crippen molar-refractivity contribution in [3.8, 4) is 0 Å². The first-order valence-electron chi connectivity index (χ1n) is 8.33. The van der Waals surface area contributed by atoms with Crippen LogP contribution in [0, 0.1) is 5.92 Å². The molecule has 0 spiro atoms. The van der Waals surface area contributed by atoms with Gasteiger partial charge in [-0.05, 0) is 44.6 Å². The fourth-order valence-electron chi connectivity index (χ4n) is 3.74. The van der Waals surface area contributed by atoms with E-state index in [0.29, 0.717) is 24.8 Å². The predicted octanol–water partition coefficient (Wildman–Crippen LogP) is 2.49. The molecule has 0 aliphatic heterocycles. The molecule has 118 valence electrons. The van der Waals surface area contributed by atoms with Crippen molar-refractivity contribution in [3.63, 3.8) is 0 Å². The Hall–Kier alpha value is -0.130. The lowest BCUT2D eigenvalue weighted by molar-refractivity contribution is 0.310. The summed E-state index contributed by atoms with van der Waals surface area (Å²) in [7, 11) is -3.10. The zero-order chi connectivity index (χ0) is 14.4. The fourth-order valence-corrected chi connectivity index (χ4v) is 5.93. The summed E-state index contributed by atoms with van der Waals surface area (Å²) in [5, 5.41) is 0. The Bertz CT molecular complexity index is 371. The Balaban J connectivity index is 2.00. The summed E-state index contributed by atoms with van der Waals surface area (Å²) >= 11 is 0. The Morgan fingerprint density at radius 2 is 1.55 bits per heavy atom. The van der Waals surface area contributed by atoms with Crippen LogP contribution in [0.4, 0.5) is 0 Å². The van der Waals surface area contributed by atoms with Gasteiger partial charge >= 0.3 is 0 Å². The average molecular weight is 302 g/mol. The molecule has 2 N–H and O–H groups in total. The molecule has 2 saturated carbocycles. The third-order valence-corrected chi connectivity index (χ3v) is 6.93. The van der Waals surface area contributed by atoms with Crippen molar-refractivity contribution in [1.29, 1.82) is 0 Å². The van der Waals surface area contributed by atoms with Gasteiger partial charge in [0, 0.05) is 12.6 Å². The minimum absolute atomic E-state index is 0.246. The van der Waals surface area contributed by atoms with E-state index in [1.165, 1.54) is 32.1 Å². The van der Waals surface area contributed by atoms with Crippen LogP contribution in [0.3, 0.4) is 0 Å². The maximum Gasteiger partial charge on any atom is 0.214 e. The number of sulfonamides is 1. The van der Waals surface area contributed by atoms with Crippen molar-refractivity contribution >= 4 is 10.0 Å². The lowest BCUT2D eigenvalue weighted by Gasteiger charge is -2.30. The van der Waals surface area contributed by atoms with Crippen LogP contribution in [0.25, 0.3) is 0 Å². The van der Waals surface area contributed by atoms with E-state index in [1.54, 1.807) is 0 Å². The second kappa shape index (κ2) is 7.76. The Kier molecular flexibility index (Phi) is 6.30. The molecular formula is C15H30N2O2S. The molecule has 0 heterocycles. The van der Waals surface area contributed by atoms with Crippen LogP contribution in [0.2, 0.25) is 0 Å². The maximum atomic E-state index is 12.8. The van der Waals surface area contributed by atoms with E-state index >= 15 is 0 Å². The van der Waals surface area contributed by atoms with Gasteiger partial charge in [0.15, 0.2) is 0 Å². The monoisotopic (exact) mass is 302 g/mol. The number of rotatable bonds is 7. The largest absolute Gasteiger partial charge is 0.330 e. The molecule has 2 fully saturated rings. The summed E-state index contributed by atoms with van der Waals surface area (Å²) in [6.07, 6.45) is 11.0. The summed E-state index contributed by atoms with van der Waals surface area (Å²) in [5.74, 6) is 0.754. The highest BCUT2D eigenvalue weighted by atomic mass is 32.2. The van der Waals surface area contributed by atoms with Crippen molar-refractivity contribution < 1.29 is 8.42 Å². The number of hydrogen-bond acceptors (Lipinski definition) is 3. The van der Waals surface area contributed by atoms with Gasteiger partial charge in [0.2, 0.25) is 10.0 Å². The number of hydrogen-bond donors (Lipinski definition) is 1. The maximum absolute atomic E-state index is 12.8. The predicted molar refractivity (Wildman–Crippen MR) is 83.0 cm³/mol. The van der Waals surface area contributed by atoms with Gasteiger partial charge in [-0.25, -0.2) is 8.42 Å². The summed E-state index contributed by atoms with van der Waals surface area (Å²) in [5.41, 5.74) is 5.58. The van der Waals surface area contributed by atoms with Crippen LogP contribution in [0.5, 0.6) is 0 Å². The highest BCUT2D eigenvalue weighted by Gasteiger charge is 2.33. The summed E-state index contributed by atoms with van der Waals surface area (Å²) in [4.78, 5) is 0. The fraction of sp³-hybridized carbons (Fsp3) is 1.00. The van der Waals surface area contributed by atoms with Crippen molar-refractivity contribution in [2.75, 3.05) is 18.8 Å². The quantitative estimate of drug-likeness (QED) is 0.786. The molecule has 20 heavy (non-hydrogen) atoms. The molecule has 0 radical (unpaired) electrons. The highest BCUT2D eigenvalue weighted by Crippen LogP contribution is 2.30. The molecule has 0 unspecified atom stereocenters. The second-order valence-electron chi connectivity index (χ2n) is 6.47. The third-order valence-electron chi connectivity index (χ3n) is 4.84. The van der Waals surface area contributed by atoms with Gasteiger partial charge in [-0.3, -0.25) is 0 Å². The normalized spacial score (nSPS) is 22.7. The van der Waals surface area contributed by atoms with Crippen LogP contribution in [-0.4, -0.2) is 37.6 Å². The average Bonchev–Trinajstić information content (AvgIpc) is 2.93. The SMILES string of the molecule is NCCCN(C1CCCC1)S(=O)(=O)CC1CCCCC1. The topological polar surface area (TPSA) is 63.4 Å². The Labute approximate surface area is 124 Å². The van der Waals surface area contributed by atoms with E-state index in [9.17, 15) is 8.42 Å². The summed E-state index contributed by atoms with van der Waals surface area (Å²) in [6.45, 7) is 1.19. The molecule has 4 nitrogen and oxygen atoms in total. The lowest BCUT2D eigenvalue weighted by atomic mass is 9.91. The van der Waals surface area contributed by atoms with Crippen LogP contribution in [-0.2, 0) is 10.0 Å². The molecule has 2 rings (SSSR count). The molecule has 0 atom stereocenters. The van der Waals surface area contributed by atoms with E-state index in [0.717, 1.165) is 32.1 Å². The van der Waals surface area contributed by atoms with Crippen molar-refractivity contribution in [2.45, 2.75) is 70.3 Å². The number of nitrogens with two attached hydrogens (primary N) is 1. The first-order valence-corrected chi connectivity index (χ1v) is 9.94. The highest BCUT2D eigenvalue weighted by molar-refractivity contribution is 7.89. The van der Waals surface area contributed by atoms with E-state index in [2.05, 4.69) is 0 Å².